The lowest BCUT2D eigenvalue weighted by Gasteiger charge is -2.47. The molecule has 0 spiro atoms. The molecule has 2 atom stereocenters. The molecule has 2 aliphatic rings. The Morgan fingerprint density at radius 2 is 1.67 bits per heavy atom. The molecule has 0 amide bonds. The van der Waals surface area contributed by atoms with Gasteiger partial charge in [0.25, 0.3) is 0 Å². The van der Waals surface area contributed by atoms with Crippen molar-refractivity contribution in [1.29, 1.82) is 0 Å². The fourth-order valence-corrected chi connectivity index (χ4v) is 2.86. The third-order valence-corrected chi connectivity index (χ3v) is 3.63. The molecule has 1 saturated carbocycles. The van der Waals surface area contributed by atoms with Crippen LogP contribution in [0.3, 0.4) is 0 Å². The minimum absolute atomic E-state index is 0.940. The first kappa shape index (κ1) is 8.55. The summed E-state index contributed by atoms with van der Waals surface area (Å²) < 4.78 is 0. The molecule has 0 aromatic rings. The van der Waals surface area contributed by atoms with Gasteiger partial charge in [-0.1, -0.05) is 26.7 Å². The van der Waals surface area contributed by atoms with Gasteiger partial charge in [-0.2, -0.15) is 0 Å². The quantitative estimate of drug-likeness (QED) is 0.580. The molecule has 0 bridgehead atoms. The number of hydrogen-bond acceptors (Lipinski definition) is 1. The van der Waals surface area contributed by atoms with E-state index in [-0.39, 0.29) is 0 Å². The Morgan fingerprint density at radius 3 is 2.25 bits per heavy atom. The molecule has 1 aliphatic heterocycles. The molecule has 1 nitrogen and oxygen atoms in total. The molecule has 0 aromatic heterocycles. The van der Waals surface area contributed by atoms with E-state index in [1.165, 1.54) is 38.8 Å². The van der Waals surface area contributed by atoms with Gasteiger partial charge < -0.3 is 0 Å². The lowest BCUT2D eigenvalue weighted by Crippen LogP contribution is -2.53. The normalized spacial score (nSPS) is 39.5. The lowest BCUT2D eigenvalue weighted by molar-refractivity contribution is 0.0184. The molecular formula is C11H21N. The van der Waals surface area contributed by atoms with E-state index in [9.17, 15) is 0 Å². The highest BCUT2D eigenvalue weighted by Crippen LogP contribution is 2.31. The summed E-state index contributed by atoms with van der Waals surface area (Å²) in [5.41, 5.74) is 0. The van der Waals surface area contributed by atoms with Gasteiger partial charge >= 0.3 is 0 Å². The summed E-state index contributed by atoms with van der Waals surface area (Å²) in [5.74, 6) is 1.94. The molecule has 1 aliphatic carbocycles. The Kier molecular flexibility index (Phi) is 2.40. The van der Waals surface area contributed by atoms with E-state index in [1.807, 2.05) is 0 Å². The van der Waals surface area contributed by atoms with E-state index in [4.69, 9.17) is 0 Å². The van der Waals surface area contributed by atoms with Crippen LogP contribution in [0.25, 0.3) is 0 Å². The Balaban J connectivity index is 1.85. The standard InChI is InChI=1S/C11H21N/c1-9-7-12(8-9)11-6-4-3-5-10(11)2/h9-11H,3-8H2,1-2H3/t10-,11-/m0/s1. The number of likely N-dealkylation sites (tertiary alicyclic amines) is 1. The number of nitrogens with zero attached hydrogens (tertiary/aromatic N) is 1. The predicted octanol–water partition coefficient (Wildman–Crippen LogP) is 2.52. The van der Waals surface area contributed by atoms with Gasteiger partial charge in [-0.15, -0.1) is 0 Å². The van der Waals surface area contributed by atoms with Crippen molar-refractivity contribution in [2.45, 2.75) is 45.6 Å². The molecule has 0 unspecified atom stereocenters. The van der Waals surface area contributed by atoms with Crippen molar-refractivity contribution in [2.24, 2.45) is 11.8 Å². The Labute approximate surface area is 76.1 Å². The molecule has 1 saturated heterocycles. The van der Waals surface area contributed by atoms with Crippen LogP contribution in [0, 0.1) is 11.8 Å². The average Bonchev–Trinajstić information content (AvgIpc) is 2.01. The monoisotopic (exact) mass is 167 g/mol. The van der Waals surface area contributed by atoms with Crippen LogP contribution in [-0.2, 0) is 0 Å². The second kappa shape index (κ2) is 3.37. The molecule has 2 rings (SSSR count). The molecule has 1 heteroatoms. The topological polar surface area (TPSA) is 3.24 Å². The van der Waals surface area contributed by atoms with Crippen molar-refractivity contribution >= 4 is 0 Å². The molecule has 70 valence electrons. The van der Waals surface area contributed by atoms with E-state index >= 15 is 0 Å². The van der Waals surface area contributed by atoms with Crippen molar-refractivity contribution in [2.75, 3.05) is 13.1 Å². The van der Waals surface area contributed by atoms with Gasteiger partial charge in [-0.05, 0) is 24.7 Å². The summed E-state index contributed by atoms with van der Waals surface area (Å²) in [7, 11) is 0. The van der Waals surface area contributed by atoms with Crippen LogP contribution in [0.2, 0.25) is 0 Å². The van der Waals surface area contributed by atoms with Crippen LogP contribution in [0.4, 0.5) is 0 Å². The van der Waals surface area contributed by atoms with Gasteiger partial charge in [0.1, 0.15) is 0 Å². The van der Waals surface area contributed by atoms with Gasteiger partial charge in [0.05, 0.1) is 0 Å². The maximum atomic E-state index is 2.70. The van der Waals surface area contributed by atoms with Crippen LogP contribution in [-0.4, -0.2) is 24.0 Å². The van der Waals surface area contributed by atoms with Crippen LogP contribution in [0.5, 0.6) is 0 Å². The van der Waals surface area contributed by atoms with E-state index in [2.05, 4.69) is 18.7 Å². The molecule has 1 heterocycles. The maximum absolute atomic E-state index is 2.70. The second-order valence-corrected chi connectivity index (χ2v) is 4.89. The molecule has 0 N–H and O–H groups in total. The summed E-state index contributed by atoms with van der Waals surface area (Å²) in [6, 6.07) is 0.940. The van der Waals surface area contributed by atoms with Crippen molar-refractivity contribution in [3.8, 4) is 0 Å². The third kappa shape index (κ3) is 1.52. The van der Waals surface area contributed by atoms with E-state index in [0.29, 0.717) is 0 Å². The highest BCUT2D eigenvalue weighted by molar-refractivity contribution is 4.87. The zero-order valence-electron chi connectivity index (χ0n) is 8.42. The Hall–Kier alpha value is -0.0400. The highest BCUT2D eigenvalue weighted by atomic mass is 15.2. The lowest BCUT2D eigenvalue weighted by atomic mass is 9.82. The van der Waals surface area contributed by atoms with Gasteiger partial charge in [0.15, 0.2) is 0 Å². The summed E-state index contributed by atoms with van der Waals surface area (Å²) in [6.45, 7) is 7.54. The van der Waals surface area contributed by atoms with Crippen molar-refractivity contribution in [3.63, 3.8) is 0 Å². The van der Waals surface area contributed by atoms with Crippen LogP contribution >= 0.6 is 0 Å². The van der Waals surface area contributed by atoms with Crippen LogP contribution in [0.1, 0.15) is 39.5 Å². The maximum Gasteiger partial charge on any atom is 0.0121 e. The molecule has 2 fully saturated rings. The minimum atomic E-state index is 0.940. The average molecular weight is 167 g/mol. The third-order valence-electron chi connectivity index (χ3n) is 3.63. The summed E-state index contributed by atoms with van der Waals surface area (Å²) in [5, 5.41) is 0. The van der Waals surface area contributed by atoms with Gasteiger partial charge in [-0.25, -0.2) is 0 Å². The minimum Gasteiger partial charge on any atom is -0.299 e. The summed E-state index contributed by atoms with van der Waals surface area (Å²) in [6.07, 6.45) is 5.88. The highest BCUT2D eigenvalue weighted by Gasteiger charge is 2.33. The van der Waals surface area contributed by atoms with E-state index < -0.39 is 0 Å². The molecule has 12 heavy (non-hydrogen) atoms. The van der Waals surface area contributed by atoms with E-state index in [0.717, 1.165) is 17.9 Å². The zero-order valence-corrected chi connectivity index (χ0v) is 8.42. The fourth-order valence-electron chi connectivity index (χ4n) is 2.86. The first-order chi connectivity index (χ1) is 5.77. The number of rotatable bonds is 1. The summed E-state index contributed by atoms with van der Waals surface area (Å²) in [4.78, 5) is 2.70. The largest absolute Gasteiger partial charge is 0.299 e. The van der Waals surface area contributed by atoms with Gasteiger partial charge in [-0.3, -0.25) is 4.90 Å². The fraction of sp³-hybridized carbons (Fsp3) is 1.00. The molecular weight excluding hydrogens is 146 g/mol. The molecule has 0 aromatic carbocycles. The SMILES string of the molecule is CC1CN([C@H]2CCCC[C@@H]2C)C1. The first-order valence-corrected chi connectivity index (χ1v) is 5.51. The van der Waals surface area contributed by atoms with E-state index in [1.54, 1.807) is 0 Å². The van der Waals surface area contributed by atoms with Crippen LogP contribution < -0.4 is 0 Å². The smallest absolute Gasteiger partial charge is 0.0121 e. The zero-order chi connectivity index (χ0) is 8.55. The van der Waals surface area contributed by atoms with Crippen molar-refractivity contribution in [3.05, 3.63) is 0 Å². The summed E-state index contributed by atoms with van der Waals surface area (Å²) >= 11 is 0. The Morgan fingerprint density at radius 1 is 1.00 bits per heavy atom. The second-order valence-electron chi connectivity index (χ2n) is 4.89. The van der Waals surface area contributed by atoms with Crippen LogP contribution in [0.15, 0.2) is 0 Å². The molecule has 0 radical (unpaired) electrons. The number of hydrogen-bond donors (Lipinski definition) is 0. The van der Waals surface area contributed by atoms with Crippen molar-refractivity contribution in [1.82, 2.24) is 4.90 Å². The van der Waals surface area contributed by atoms with Gasteiger partial charge in [0.2, 0.25) is 0 Å². The van der Waals surface area contributed by atoms with Crippen molar-refractivity contribution < 1.29 is 0 Å². The predicted molar refractivity (Wildman–Crippen MR) is 52.2 cm³/mol. The first-order valence-electron chi connectivity index (χ1n) is 5.51. The van der Waals surface area contributed by atoms with Gasteiger partial charge in [0, 0.05) is 19.1 Å². The Bertz CT molecular complexity index is 149.